The van der Waals surface area contributed by atoms with Gasteiger partial charge in [0, 0.05) is 5.41 Å². The van der Waals surface area contributed by atoms with E-state index in [1.54, 1.807) is 13.2 Å². The van der Waals surface area contributed by atoms with Gasteiger partial charge in [0.05, 0.1) is 12.7 Å². The first-order chi connectivity index (χ1) is 11.5. The van der Waals surface area contributed by atoms with Crippen molar-refractivity contribution in [3.8, 4) is 5.75 Å². The largest absolute Gasteiger partial charge is 0.497 e. The minimum atomic E-state index is -0.983. The first-order valence-electron chi connectivity index (χ1n) is 8.45. The highest BCUT2D eigenvalue weighted by Gasteiger charge is 2.36. The summed E-state index contributed by atoms with van der Waals surface area (Å²) in [7, 11) is 1.67. The van der Waals surface area contributed by atoms with Gasteiger partial charge in [-0.1, -0.05) is 50.1 Å². The summed E-state index contributed by atoms with van der Waals surface area (Å²) in [6, 6.07) is 8.26. The van der Waals surface area contributed by atoms with Gasteiger partial charge in [-0.05, 0) is 49.1 Å². The number of carbonyl (C=O) groups is 1. The van der Waals surface area contributed by atoms with Crippen LogP contribution in [-0.4, -0.2) is 18.2 Å². The Hall–Kier alpha value is -2.29. The monoisotopic (exact) mass is 326 g/mol. The fourth-order valence-corrected chi connectivity index (χ4v) is 3.60. The zero-order chi connectivity index (χ0) is 17.6. The van der Waals surface area contributed by atoms with Gasteiger partial charge in [-0.15, -0.1) is 0 Å². The molecule has 3 nitrogen and oxygen atoms in total. The molecule has 24 heavy (non-hydrogen) atoms. The Morgan fingerprint density at radius 3 is 2.29 bits per heavy atom. The molecule has 1 aromatic carbocycles. The van der Waals surface area contributed by atoms with Crippen LogP contribution in [0.3, 0.4) is 0 Å². The summed E-state index contributed by atoms with van der Waals surface area (Å²) in [6.07, 6.45) is 11.4. The summed E-state index contributed by atoms with van der Waals surface area (Å²) in [5, 5.41) is 9.03. The van der Waals surface area contributed by atoms with E-state index in [4.69, 9.17) is 9.84 Å². The van der Waals surface area contributed by atoms with Crippen molar-refractivity contribution in [3.05, 3.63) is 65.8 Å². The maximum Gasteiger partial charge on any atom is 0.335 e. The lowest BCUT2D eigenvalue weighted by molar-refractivity contribution is -0.132. The fraction of sp³-hybridized carbons (Fsp3) is 0.381. The van der Waals surface area contributed by atoms with E-state index in [0.29, 0.717) is 0 Å². The Morgan fingerprint density at radius 2 is 1.79 bits per heavy atom. The van der Waals surface area contributed by atoms with Crippen LogP contribution in [0.5, 0.6) is 5.75 Å². The zero-order valence-corrected chi connectivity index (χ0v) is 14.5. The number of hydrogen-bond acceptors (Lipinski definition) is 2. The molecule has 128 valence electrons. The van der Waals surface area contributed by atoms with Gasteiger partial charge < -0.3 is 9.84 Å². The topological polar surface area (TPSA) is 46.5 Å². The molecule has 1 aromatic rings. The van der Waals surface area contributed by atoms with Crippen molar-refractivity contribution in [2.75, 3.05) is 7.11 Å². The summed E-state index contributed by atoms with van der Waals surface area (Å²) >= 11 is 0. The van der Waals surface area contributed by atoms with E-state index < -0.39 is 5.97 Å². The van der Waals surface area contributed by atoms with Crippen LogP contribution in [0.1, 0.15) is 44.6 Å². The lowest BCUT2D eigenvalue weighted by atomic mass is 9.64. The molecule has 3 heteroatoms. The quantitative estimate of drug-likeness (QED) is 0.588. The number of methoxy groups -OCH3 is 1. The highest BCUT2D eigenvalue weighted by Crippen LogP contribution is 2.46. The van der Waals surface area contributed by atoms with Crippen molar-refractivity contribution in [1.82, 2.24) is 0 Å². The zero-order valence-electron chi connectivity index (χ0n) is 14.5. The maximum absolute atomic E-state index is 11.0. The maximum atomic E-state index is 11.0. The molecule has 0 heterocycles. The highest BCUT2D eigenvalue weighted by atomic mass is 16.5. The van der Waals surface area contributed by atoms with Gasteiger partial charge in [0.15, 0.2) is 0 Å². The van der Waals surface area contributed by atoms with E-state index in [1.807, 2.05) is 25.1 Å². The van der Waals surface area contributed by atoms with Gasteiger partial charge in [0.1, 0.15) is 5.75 Å². The number of rotatable bonds is 6. The van der Waals surface area contributed by atoms with Crippen LogP contribution in [0, 0.1) is 0 Å². The van der Waals surface area contributed by atoms with Crippen LogP contribution in [0.4, 0.5) is 0 Å². The Labute approximate surface area is 144 Å². The summed E-state index contributed by atoms with van der Waals surface area (Å²) in [6.45, 7) is 5.61. The Morgan fingerprint density at radius 1 is 1.17 bits per heavy atom. The Kier molecular flexibility index (Phi) is 6.02. The number of carboxylic acid groups (broad SMARTS) is 1. The molecule has 1 N–H and O–H groups in total. The first kappa shape index (κ1) is 18.1. The molecule has 2 rings (SSSR count). The van der Waals surface area contributed by atoms with Crippen molar-refractivity contribution < 1.29 is 14.6 Å². The van der Waals surface area contributed by atoms with Crippen molar-refractivity contribution in [2.45, 2.75) is 44.4 Å². The summed E-state index contributed by atoms with van der Waals surface area (Å²) in [4.78, 5) is 11.0. The van der Waals surface area contributed by atoms with E-state index in [2.05, 4.69) is 24.8 Å². The van der Waals surface area contributed by atoms with Crippen molar-refractivity contribution in [3.63, 3.8) is 0 Å². The number of allylic oxidation sites excluding steroid dienone is 3. The molecule has 0 aromatic heterocycles. The number of hydrogen-bond donors (Lipinski definition) is 1. The number of ether oxygens (including phenoxy) is 1. The molecular weight excluding hydrogens is 300 g/mol. The van der Waals surface area contributed by atoms with E-state index >= 15 is 0 Å². The average Bonchev–Trinajstić information content (AvgIpc) is 2.62. The molecule has 0 aliphatic heterocycles. The van der Waals surface area contributed by atoms with Crippen LogP contribution in [-0.2, 0) is 10.2 Å². The van der Waals surface area contributed by atoms with Crippen molar-refractivity contribution >= 4 is 5.97 Å². The van der Waals surface area contributed by atoms with Gasteiger partial charge in [-0.25, -0.2) is 4.79 Å². The van der Waals surface area contributed by atoms with E-state index in [-0.39, 0.29) is 11.0 Å². The lowest BCUT2D eigenvalue weighted by Gasteiger charge is -2.39. The predicted molar refractivity (Wildman–Crippen MR) is 97.4 cm³/mol. The van der Waals surface area contributed by atoms with Crippen LogP contribution in [0.15, 0.2) is 60.2 Å². The second-order valence-corrected chi connectivity index (χ2v) is 6.28. The number of carboxylic acids is 1. The van der Waals surface area contributed by atoms with Crippen molar-refractivity contribution in [2.24, 2.45) is 0 Å². The average molecular weight is 326 g/mol. The molecule has 0 radical (unpaired) electrons. The third-order valence-electron chi connectivity index (χ3n) is 4.95. The Balaban J connectivity index is 2.41. The molecule has 0 saturated heterocycles. The Bertz CT molecular complexity index is 644. The van der Waals surface area contributed by atoms with Crippen LogP contribution in [0.2, 0.25) is 0 Å². The molecule has 1 fully saturated rings. The third kappa shape index (κ3) is 3.78. The van der Waals surface area contributed by atoms with Crippen LogP contribution < -0.4 is 4.74 Å². The molecule has 0 amide bonds. The number of aliphatic carboxylic acids is 1. The predicted octanol–water partition coefficient (Wildman–Crippen LogP) is 5.04. The van der Waals surface area contributed by atoms with Gasteiger partial charge >= 0.3 is 5.97 Å². The molecule has 1 saturated carbocycles. The molecule has 0 unspecified atom stereocenters. The molecule has 0 spiro atoms. The molecular formula is C21H26O3. The minimum Gasteiger partial charge on any atom is -0.497 e. The first-order valence-corrected chi connectivity index (χ1v) is 8.45. The van der Waals surface area contributed by atoms with Crippen LogP contribution in [0.25, 0.3) is 0 Å². The van der Waals surface area contributed by atoms with Crippen molar-refractivity contribution in [1.29, 1.82) is 0 Å². The smallest absolute Gasteiger partial charge is 0.335 e. The molecule has 0 bridgehead atoms. The van der Waals surface area contributed by atoms with Gasteiger partial charge in [0.2, 0.25) is 0 Å². The summed E-state index contributed by atoms with van der Waals surface area (Å²) < 4.78 is 5.28. The summed E-state index contributed by atoms with van der Waals surface area (Å²) in [5.74, 6) is -0.134. The minimum absolute atomic E-state index is 0.0610. The normalized spacial score (nSPS) is 17.7. The van der Waals surface area contributed by atoms with E-state index in [9.17, 15) is 4.79 Å². The highest BCUT2D eigenvalue weighted by molar-refractivity contribution is 5.89. The van der Waals surface area contributed by atoms with Gasteiger partial charge in [0.25, 0.3) is 0 Å². The van der Waals surface area contributed by atoms with Gasteiger partial charge in [-0.3, -0.25) is 0 Å². The van der Waals surface area contributed by atoms with E-state index in [1.165, 1.54) is 24.8 Å². The van der Waals surface area contributed by atoms with Gasteiger partial charge in [-0.2, -0.15) is 0 Å². The third-order valence-corrected chi connectivity index (χ3v) is 4.95. The summed E-state index contributed by atoms with van der Waals surface area (Å²) in [5.41, 5.74) is 2.47. The SMILES string of the molecule is C=C(/C=C\C(=C/C)C1(c2ccc(OC)cc2)CCCCC1)C(=O)O. The lowest BCUT2D eigenvalue weighted by Crippen LogP contribution is -2.30. The van der Waals surface area contributed by atoms with E-state index in [0.717, 1.165) is 24.2 Å². The second kappa shape index (κ2) is 8.00. The second-order valence-electron chi connectivity index (χ2n) is 6.28. The molecule has 1 aliphatic rings. The molecule has 0 atom stereocenters. The van der Waals surface area contributed by atoms with Crippen LogP contribution >= 0.6 is 0 Å². The molecule has 1 aliphatic carbocycles. The standard InChI is InChI=1S/C21H26O3/c1-4-17(9-8-16(2)20(22)23)21(14-6-5-7-15-21)18-10-12-19(24-3)13-11-18/h4,8-13H,2,5-7,14-15H2,1,3H3,(H,22,23)/b9-8-,17-4+. The number of benzene rings is 1. The fourth-order valence-electron chi connectivity index (χ4n) is 3.60.